The largest absolute Gasteiger partial charge is 0.465 e. The molecule has 0 aromatic heterocycles. The van der Waals surface area contributed by atoms with Gasteiger partial charge in [0.1, 0.15) is 0 Å². The topological polar surface area (TPSA) is 58.8 Å². The van der Waals surface area contributed by atoms with E-state index in [0.29, 0.717) is 11.3 Å². The van der Waals surface area contributed by atoms with Gasteiger partial charge in [0.2, 0.25) is 0 Å². The Morgan fingerprint density at radius 1 is 1.30 bits per heavy atom. The fraction of sp³-hybridized carbons (Fsp3) is 0.533. The Labute approximate surface area is 121 Å². The van der Waals surface area contributed by atoms with Gasteiger partial charge in [-0.2, -0.15) is 0 Å². The number of benzene rings is 1. The first-order chi connectivity index (χ1) is 9.49. The third kappa shape index (κ3) is 4.42. The van der Waals surface area contributed by atoms with Crippen molar-refractivity contribution in [2.75, 3.05) is 51.5 Å². The van der Waals surface area contributed by atoms with E-state index >= 15 is 0 Å². The first-order valence-corrected chi connectivity index (χ1v) is 6.87. The second-order valence-corrected chi connectivity index (χ2v) is 5.00. The van der Waals surface area contributed by atoms with Gasteiger partial charge in [0.05, 0.1) is 24.0 Å². The summed E-state index contributed by atoms with van der Waals surface area (Å²) in [5.74, 6) is -0.362. The monoisotopic (exact) mass is 279 g/mol. The maximum atomic E-state index is 11.5. The van der Waals surface area contributed by atoms with Crippen LogP contribution in [0.15, 0.2) is 18.2 Å². The number of rotatable bonds is 7. The highest BCUT2D eigenvalue weighted by Gasteiger charge is 2.12. The SMILES string of the molecule is CCN(CCCN(C)C)c1ccc(C(=O)OC)cc1N. The summed E-state index contributed by atoms with van der Waals surface area (Å²) in [6.45, 7) is 4.96. The van der Waals surface area contributed by atoms with Gasteiger partial charge in [0.15, 0.2) is 0 Å². The number of carbonyl (C=O) groups excluding carboxylic acids is 1. The molecule has 20 heavy (non-hydrogen) atoms. The minimum absolute atomic E-state index is 0.362. The molecule has 0 bridgehead atoms. The molecule has 2 N–H and O–H groups in total. The van der Waals surface area contributed by atoms with Crippen LogP contribution < -0.4 is 10.6 Å². The van der Waals surface area contributed by atoms with Crippen molar-refractivity contribution in [2.24, 2.45) is 0 Å². The predicted molar refractivity (Wildman–Crippen MR) is 83.3 cm³/mol. The van der Waals surface area contributed by atoms with Crippen molar-refractivity contribution in [2.45, 2.75) is 13.3 Å². The number of nitrogens with zero attached hydrogens (tertiary/aromatic N) is 2. The maximum absolute atomic E-state index is 11.5. The third-order valence-electron chi connectivity index (χ3n) is 3.20. The minimum atomic E-state index is -0.362. The van der Waals surface area contributed by atoms with Crippen LogP contribution in [0.5, 0.6) is 0 Å². The van der Waals surface area contributed by atoms with Crippen LogP contribution >= 0.6 is 0 Å². The predicted octanol–water partition coefficient (Wildman–Crippen LogP) is 1.83. The van der Waals surface area contributed by atoms with Crippen LogP contribution in [0, 0.1) is 0 Å². The van der Waals surface area contributed by atoms with E-state index in [9.17, 15) is 4.79 Å². The molecule has 5 heteroatoms. The van der Waals surface area contributed by atoms with E-state index in [1.807, 2.05) is 6.07 Å². The summed E-state index contributed by atoms with van der Waals surface area (Å²) in [5, 5.41) is 0. The number of carbonyl (C=O) groups is 1. The lowest BCUT2D eigenvalue weighted by molar-refractivity contribution is 0.0601. The Bertz CT molecular complexity index is 447. The molecule has 0 spiro atoms. The number of nitrogen functional groups attached to an aromatic ring is 1. The number of ether oxygens (including phenoxy) is 1. The Balaban J connectivity index is 2.80. The van der Waals surface area contributed by atoms with Gasteiger partial charge in [0.25, 0.3) is 0 Å². The molecule has 0 saturated carbocycles. The van der Waals surface area contributed by atoms with E-state index in [4.69, 9.17) is 10.5 Å². The number of esters is 1. The van der Waals surface area contributed by atoms with Gasteiger partial charge < -0.3 is 20.3 Å². The zero-order valence-electron chi connectivity index (χ0n) is 12.8. The first-order valence-electron chi connectivity index (χ1n) is 6.87. The summed E-state index contributed by atoms with van der Waals surface area (Å²) in [4.78, 5) is 15.9. The molecule has 0 aliphatic rings. The number of nitrogens with two attached hydrogens (primary N) is 1. The van der Waals surface area contributed by atoms with Crippen LogP contribution in [0.3, 0.4) is 0 Å². The second kappa shape index (κ2) is 7.75. The van der Waals surface area contributed by atoms with Crippen molar-refractivity contribution in [3.8, 4) is 0 Å². The molecular formula is C15H25N3O2. The highest BCUT2D eigenvalue weighted by atomic mass is 16.5. The Morgan fingerprint density at radius 2 is 2.00 bits per heavy atom. The highest BCUT2D eigenvalue weighted by molar-refractivity contribution is 5.91. The average molecular weight is 279 g/mol. The van der Waals surface area contributed by atoms with Gasteiger partial charge in [-0.05, 0) is 52.2 Å². The Kier molecular flexibility index (Phi) is 6.31. The summed E-state index contributed by atoms with van der Waals surface area (Å²) in [5.41, 5.74) is 8.13. The van der Waals surface area contributed by atoms with Gasteiger partial charge >= 0.3 is 5.97 Å². The molecule has 1 aromatic rings. The summed E-state index contributed by atoms with van der Waals surface area (Å²) >= 11 is 0. The normalized spacial score (nSPS) is 10.7. The van der Waals surface area contributed by atoms with E-state index in [-0.39, 0.29) is 5.97 Å². The molecule has 0 heterocycles. The van der Waals surface area contributed by atoms with Crippen LogP contribution in [-0.4, -0.2) is 51.7 Å². The van der Waals surface area contributed by atoms with Gasteiger partial charge in [-0.3, -0.25) is 0 Å². The van der Waals surface area contributed by atoms with Crippen molar-refractivity contribution in [3.63, 3.8) is 0 Å². The fourth-order valence-corrected chi connectivity index (χ4v) is 2.11. The molecule has 5 nitrogen and oxygen atoms in total. The zero-order chi connectivity index (χ0) is 15.1. The first kappa shape index (κ1) is 16.3. The van der Waals surface area contributed by atoms with Crippen molar-refractivity contribution in [3.05, 3.63) is 23.8 Å². The number of hydrogen-bond donors (Lipinski definition) is 1. The molecule has 0 unspecified atom stereocenters. The smallest absolute Gasteiger partial charge is 0.337 e. The quantitative estimate of drug-likeness (QED) is 0.609. The number of anilines is 2. The number of methoxy groups -OCH3 is 1. The second-order valence-electron chi connectivity index (χ2n) is 5.00. The standard InChI is InChI=1S/C15H25N3O2/c1-5-18(10-6-9-17(2)3)14-8-7-12(11-13(14)16)15(19)20-4/h7-8,11H,5-6,9-10,16H2,1-4H3. The van der Waals surface area contributed by atoms with E-state index in [0.717, 1.165) is 31.7 Å². The van der Waals surface area contributed by atoms with Gasteiger partial charge in [-0.25, -0.2) is 4.79 Å². The van der Waals surface area contributed by atoms with Crippen molar-refractivity contribution < 1.29 is 9.53 Å². The van der Waals surface area contributed by atoms with Gasteiger partial charge in [-0.15, -0.1) is 0 Å². The summed E-state index contributed by atoms with van der Waals surface area (Å²) in [6, 6.07) is 5.32. The fourth-order valence-electron chi connectivity index (χ4n) is 2.11. The molecule has 0 saturated heterocycles. The molecule has 1 rings (SSSR count). The molecule has 1 aromatic carbocycles. The van der Waals surface area contributed by atoms with Crippen LogP contribution in [0.2, 0.25) is 0 Å². The van der Waals surface area contributed by atoms with Gasteiger partial charge in [-0.1, -0.05) is 0 Å². The molecule has 0 atom stereocenters. The van der Waals surface area contributed by atoms with Crippen LogP contribution in [0.1, 0.15) is 23.7 Å². The lowest BCUT2D eigenvalue weighted by atomic mass is 10.1. The highest BCUT2D eigenvalue weighted by Crippen LogP contribution is 2.24. The van der Waals surface area contributed by atoms with Crippen molar-refractivity contribution in [1.82, 2.24) is 4.90 Å². The summed E-state index contributed by atoms with van der Waals surface area (Å²) in [6.07, 6.45) is 1.07. The summed E-state index contributed by atoms with van der Waals surface area (Å²) < 4.78 is 4.70. The maximum Gasteiger partial charge on any atom is 0.337 e. The molecule has 112 valence electrons. The molecular weight excluding hydrogens is 254 g/mol. The lowest BCUT2D eigenvalue weighted by Crippen LogP contribution is -2.27. The minimum Gasteiger partial charge on any atom is -0.465 e. The van der Waals surface area contributed by atoms with E-state index < -0.39 is 0 Å². The molecule has 0 amide bonds. The van der Waals surface area contributed by atoms with Crippen molar-refractivity contribution in [1.29, 1.82) is 0 Å². The van der Waals surface area contributed by atoms with Crippen molar-refractivity contribution >= 4 is 17.3 Å². The Morgan fingerprint density at radius 3 is 2.50 bits per heavy atom. The van der Waals surface area contributed by atoms with Crippen LogP contribution in [-0.2, 0) is 4.74 Å². The van der Waals surface area contributed by atoms with Crippen LogP contribution in [0.25, 0.3) is 0 Å². The molecule has 0 aliphatic heterocycles. The van der Waals surface area contributed by atoms with Crippen LogP contribution in [0.4, 0.5) is 11.4 Å². The Hall–Kier alpha value is -1.75. The third-order valence-corrected chi connectivity index (χ3v) is 3.20. The summed E-state index contributed by atoms with van der Waals surface area (Å²) in [7, 11) is 5.50. The molecule has 0 aliphatic carbocycles. The molecule has 0 fully saturated rings. The van der Waals surface area contributed by atoms with E-state index in [1.54, 1.807) is 12.1 Å². The molecule has 0 radical (unpaired) electrons. The van der Waals surface area contributed by atoms with E-state index in [1.165, 1.54) is 7.11 Å². The lowest BCUT2D eigenvalue weighted by Gasteiger charge is -2.25. The van der Waals surface area contributed by atoms with E-state index in [2.05, 4.69) is 30.8 Å². The zero-order valence-corrected chi connectivity index (χ0v) is 12.8. The number of hydrogen-bond acceptors (Lipinski definition) is 5. The average Bonchev–Trinajstić information content (AvgIpc) is 2.43. The van der Waals surface area contributed by atoms with Gasteiger partial charge in [0, 0.05) is 13.1 Å².